The van der Waals surface area contributed by atoms with E-state index in [-0.39, 0.29) is 11.9 Å². The number of piperidine rings is 1. The molecule has 4 nitrogen and oxygen atoms in total. The second-order valence-corrected chi connectivity index (χ2v) is 5.03. The van der Waals surface area contributed by atoms with Crippen LogP contribution in [0.3, 0.4) is 0 Å². The van der Waals surface area contributed by atoms with Crippen LogP contribution in [0.5, 0.6) is 0 Å². The fraction of sp³-hybridized carbons (Fsp3) is 0.312. The summed E-state index contributed by atoms with van der Waals surface area (Å²) in [7, 11) is 0. The molecule has 2 aromatic heterocycles. The van der Waals surface area contributed by atoms with Crippen molar-refractivity contribution in [3.8, 4) is 0 Å². The topological polar surface area (TPSA) is 46.1 Å². The summed E-state index contributed by atoms with van der Waals surface area (Å²) in [6.45, 7) is 0.806. The number of aromatic nitrogens is 2. The zero-order chi connectivity index (χ0) is 13.8. The van der Waals surface area contributed by atoms with E-state index >= 15 is 0 Å². The average molecular weight is 267 g/mol. The lowest BCUT2D eigenvalue weighted by molar-refractivity contribution is 0.0611. The molecule has 1 aliphatic heterocycles. The molecule has 0 saturated carbocycles. The van der Waals surface area contributed by atoms with Gasteiger partial charge in [-0.2, -0.15) is 0 Å². The Bertz CT molecular complexity index is 571. The molecule has 1 aliphatic rings. The summed E-state index contributed by atoms with van der Waals surface area (Å²) < 4.78 is 0. The maximum absolute atomic E-state index is 12.7. The third-order valence-electron chi connectivity index (χ3n) is 3.76. The van der Waals surface area contributed by atoms with Crippen molar-refractivity contribution in [1.82, 2.24) is 14.9 Å². The van der Waals surface area contributed by atoms with Crippen molar-refractivity contribution >= 4 is 5.91 Å². The lowest BCUT2D eigenvalue weighted by atomic mass is 9.95. The number of nitrogens with zero attached hydrogens (tertiary/aromatic N) is 3. The lowest BCUT2D eigenvalue weighted by Gasteiger charge is -2.36. The Labute approximate surface area is 118 Å². The highest BCUT2D eigenvalue weighted by Crippen LogP contribution is 2.31. The van der Waals surface area contributed by atoms with Gasteiger partial charge >= 0.3 is 0 Å². The lowest BCUT2D eigenvalue weighted by Crippen LogP contribution is -2.38. The van der Waals surface area contributed by atoms with Crippen molar-refractivity contribution < 1.29 is 4.79 Å². The molecule has 0 N–H and O–H groups in total. The van der Waals surface area contributed by atoms with Crippen molar-refractivity contribution in [2.45, 2.75) is 25.3 Å². The molecule has 0 radical (unpaired) electrons. The molecule has 0 aromatic carbocycles. The fourth-order valence-electron chi connectivity index (χ4n) is 2.75. The molecule has 1 saturated heterocycles. The summed E-state index contributed by atoms with van der Waals surface area (Å²) in [4.78, 5) is 22.8. The van der Waals surface area contributed by atoms with E-state index in [0.717, 1.165) is 31.4 Å². The van der Waals surface area contributed by atoms with Crippen LogP contribution < -0.4 is 0 Å². The third kappa shape index (κ3) is 2.54. The van der Waals surface area contributed by atoms with Gasteiger partial charge < -0.3 is 4.90 Å². The van der Waals surface area contributed by atoms with Gasteiger partial charge in [0.2, 0.25) is 0 Å². The quantitative estimate of drug-likeness (QED) is 0.840. The molecule has 20 heavy (non-hydrogen) atoms. The van der Waals surface area contributed by atoms with Gasteiger partial charge in [-0.05, 0) is 43.0 Å². The molecule has 4 heteroatoms. The zero-order valence-electron chi connectivity index (χ0n) is 11.3. The number of carbonyl (C=O) groups is 1. The highest BCUT2D eigenvalue weighted by atomic mass is 16.2. The maximum atomic E-state index is 12.7. The van der Waals surface area contributed by atoms with Crippen molar-refractivity contribution in [1.29, 1.82) is 0 Å². The highest BCUT2D eigenvalue weighted by molar-refractivity contribution is 5.94. The van der Waals surface area contributed by atoms with Crippen molar-refractivity contribution in [2.24, 2.45) is 0 Å². The van der Waals surface area contributed by atoms with E-state index in [1.807, 2.05) is 17.2 Å². The van der Waals surface area contributed by atoms with Gasteiger partial charge in [0.15, 0.2) is 0 Å². The van der Waals surface area contributed by atoms with Crippen LogP contribution in [0.4, 0.5) is 0 Å². The smallest absolute Gasteiger partial charge is 0.254 e. The Morgan fingerprint density at radius 1 is 1.10 bits per heavy atom. The summed E-state index contributed by atoms with van der Waals surface area (Å²) in [6, 6.07) is 7.67. The predicted octanol–water partition coefficient (Wildman–Crippen LogP) is 2.84. The first kappa shape index (κ1) is 12.8. The zero-order valence-corrected chi connectivity index (χ0v) is 11.3. The van der Waals surface area contributed by atoms with Crippen LogP contribution in [0.2, 0.25) is 0 Å². The second kappa shape index (κ2) is 5.82. The third-order valence-corrected chi connectivity index (χ3v) is 3.76. The van der Waals surface area contributed by atoms with E-state index in [0.29, 0.717) is 5.56 Å². The van der Waals surface area contributed by atoms with Crippen LogP contribution in [-0.4, -0.2) is 27.3 Å². The molecule has 1 atom stereocenters. The number of pyridine rings is 2. The summed E-state index contributed by atoms with van der Waals surface area (Å²) in [5.74, 6) is 0.0842. The van der Waals surface area contributed by atoms with Crippen LogP contribution in [0.15, 0.2) is 49.1 Å². The van der Waals surface area contributed by atoms with Crippen LogP contribution >= 0.6 is 0 Å². The van der Waals surface area contributed by atoms with Crippen LogP contribution in [0.1, 0.15) is 41.2 Å². The molecule has 102 valence electrons. The number of amides is 1. The van der Waals surface area contributed by atoms with Gasteiger partial charge in [0.1, 0.15) is 0 Å². The van der Waals surface area contributed by atoms with Crippen molar-refractivity contribution in [3.05, 3.63) is 60.2 Å². The monoisotopic (exact) mass is 267 g/mol. The summed E-state index contributed by atoms with van der Waals surface area (Å²) >= 11 is 0. The van der Waals surface area contributed by atoms with Gasteiger partial charge in [0.25, 0.3) is 5.91 Å². The molecule has 1 unspecified atom stereocenters. The Balaban J connectivity index is 1.88. The molecular formula is C16H17N3O. The molecule has 1 fully saturated rings. The molecular weight excluding hydrogens is 250 g/mol. The van der Waals surface area contributed by atoms with E-state index in [1.54, 1.807) is 30.7 Å². The normalized spacial score (nSPS) is 18.8. The molecule has 0 aliphatic carbocycles. The predicted molar refractivity (Wildman–Crippen MR) is 76.1 cm³/mol. The van der Waals surface area contributed by atoms with Gasteiger partial charge in [0, 0.05) is 36.9 Å². The highest BCUT2D eigenvalue weighted by Gasteiger charge is 2.28. The Morgan fingerprint density at radius 2 is 1.95 bits per heavy atom. The standard InChI is InChI=1S/C16H17N3O/c20-16(13-6-9-17-10-7-13)19-11-2-1-5-15(19)14-4-3-8-18-12-14/h3-4,6-10,12,15H,1-2,5,11H2. The van der Waals surface area contributed by atoms with Gasteiger partial charge in [-0.3, -0.25) is 14.8 Å². The molecule has 1 amide bonds. The van der Waals surface area contributed by atoms with E-state index < -0.39 is 0 Å². The van der Waals surface area contributed by atoms with E-state index in [2.05, 4.69) is 16.0 Å². The van der Waals surface area contributed by atoms with Crippen molar-refractivity contribution in [2.75, 3.05) is 6.54 Å². The van der Waals surface area contributed by atoms with Crippen LogP contribution in [0, 0.1) is 0 Å². The first-order valence-electron chi connectivity index (χ1n) is 6.97. The van der Waals surface area contributed by atoms with E-state index in [1.165, 1.54) is 0 Å². The Morgan fingerprint density at radius 3 is 2.70 bits per heavy atom. The van der Waals surface area contributed by atoms with Crippen molar-refractivity contribution in [3.63, 3.8) is 0 Å². The van der Waals surface area contributed by atoms with E-state index in [4.69, 9.17) is 0 Å². The minimum absolute atomic E-state index is 0.0842. The SMILES string of the molecule is O=C(c1ccncc1)N1CCCCC1c1cccnc1. The second-order valence-electron chi connectivity index (χ2n) is 5.03. The minimum atomic E-state index is 0.0842. The number of likely N-dealkylation sites (tertiary alicyclic amines) is 1. The summed E-state index contributed by atoms with van der Waals surface area (Å²) in [5.41, 5.74) is 1.82. The summed E-state index contributed by atoms with van der Waals surface area (Å²) in [5, 5.41) is 0. The molecule has 3 rings (SSSR count). The Hall–Kier alpha value is -2.23. The van der Waals surface area contributed by atoms with Gasteiger partial charge in [-0.15, -0.1) is 0 Å². The van der Waals surface area contributed by atoms with Gasteiger partial charge in [-0.25, -0.2) is 0 Å². The number of hydrogen-bond acceptors (Lipinski definition) is 3. The first-order valence-corrected chi connectivity index (χ1v) is 6.97. The Kier molecular flexibility index (Phi) is 3.72. The minimum Gasteiger partial charge on any atom is -0.332 e. The van der Waals surface area contributed by atoms with Gasteiger partial charge in [-0.1, -0.05) is 6.07 Å². The molecule has 2 aromatic rings. The number of carbonyl (C=O) groups excluding carboxylic acids is 1. The largest absolute Gasteiger partial charge is 0.332 e. The van der Waals surface area contributed by atoms with Crippen LogP contribution in [0.25, 0.3) is 0 Å². The summed E-state index contributed by atoms with van der Waals surface area (Å²) in [6.07, 6.45) is 10.2. The van der Waals surface area contributed by atoms with E-state index in [9.17, 15) is 4.79 Å². The molecule has 3 heterocycles. The number of hydrogen-bond donors (Lipinski definition) is 0. The first-order chi connectivity index (χ1) is 9.86. The average Bonchev–Trinajstić information content (AvgIpc) is 2.56. The number of rotatable bonds is 2. The molecule has 0 bridgehead atoms. The van der Waals surface area contributed by atoms with Crippen LogP contribution in [-0.2, 0) is 0 Å². The fourth-order valence-corrected chi connectivity index (χ4v) is 2.75. The maximum Gasteiger partial charge on any atom is 0.254 e. The van der Waals surface area contributed by atoms with Gasteiger partial charge in [0.05, 0.1) is 6.04 Å². The molecule has 0 spiro atoms.